The van der Waals surface area contributed by atoms with Crippen molar-refractivity contribution in [2.75, 3.05) is 13.7 Å². The predicted octanol–water partition coefficient (Wildman–Crippen LogP) is 3.05. The average Bonchev–Trinajstić information content (AvgIpc) is 2.57. The van der Waals surface area contributed by atoms with Crippen molar-refractivity contribution in [1.29, 1.82) is 0 Å². The van der Waals surface area contributed by atoms with E-state index in [0.29, 0.717) is 30.0 Å². The quantitative estimate of drug-likeness (QED) is 0.446. The van der Waals surface area contributed by atoms with Gasteiger partial charge in [-0.25, -0.2) is 0 Å². The lowest BCUT2D eigenvalue weighted by Gasteiger charge is -2.11. The van der Waals surface area contributed by atoms with Gasteiger partial charge in [-0.2, -0.15) is 0 Å². The lowest BCUT2D eigenvalue weighted by Crippen LogP contribution is -2.12. The minimum absolute atomic E-state index is 0.130. The van der Waals surface area contributed by atoms with Gasteiger partial charge < -0.3 is 14.2 Å². The number of hydrogen-bond acceptors (Lipinski definition) is 5. The maximum atomic E-state index is 12.1. The number of aldehydes is 1. The third-order valence-corrected chi connectivity index (χ3v) is 3.14. The Balaban J connectivity index is 2.08. The summed E-state index contributed by atoms with van der Waals surface area (Å²) in [5, 5.41) is 0. The molecule has 23 heavy (non-hydrogen) atoms. The first kappa shape index (κ1) is 16.5. The van der Waals surface area contributed by atoms with Gasteiger partial charge in [-0.3, -0.25) is 9.59 Å². The largest absolute Gasteiger partial charge is 0.497 e. The van der Waals surface area contributed by atoms with Crippen LogP contribution in [-0.2, 0) is 11.2 Å². The summed E-state index contributed by atoms with van der Waals surface area (Å²) in [5.41, 5.74) is 1.28. The Morgan fingerprint density at radius 2 is 1.83 bits per heavy atom. The molecule has 0 amide bonds. The number of ether oxygens (including phenoxy) is 3. The van der Waals surface area contributed by atoms with Crippen LogP contribution in [-0.4, -0.2) is 26.0 Å². The fraction of sp³-hybridized carbons (Fsp3) is 0.222. The monoisotopic (exact) mass is 314 g/mol. The Kier molecular flexibility index (Phi) is 5.74. The summed E-state index contributed by atoms with van der Waals surface area (Å²) in [6.45, 7) is 2.22. The number of rotatable bonds is 7. The van der Waals surface area contributed by atoms with Crippen LogP contribution in [0.5, 0.6) is 17.2 Å². The van der Waals surface area contributed by atoms with Gasteiger partial charge in [0.2, 0.25) is 0 Å². The van der Waals surface area contributed by atoms with Gasteiger partial charge in [-0.15, -0.1) is 0 Å². The van der Waals surface area contributed by atoms with Gasteiger partial charge in [0.15, 0.2) is 11.5 Å². The Labute approximate surface area is 134 Å². The van der Waals surface area contributed by atoms with Crippen molar-refractivity contribution in [1.82, 2.24) is 0 Å². The smallest absolute Gasteiger partial charge is 0.315 e. The first-order valence-electron chi connectivity index (χ1n) is 7.22. The molecule has 5 heteroatoms. The van der Waals surface area contributed by atoms with E-state index in [1.807, 2.05) is 6.92 Å². The molecule has 0 unspecified atom stereocenters. The number of esters is 1. The molecule has 0 N–H and O–H groups in total. The molecule has 0 bridgehead atoms. The molecular formula is C18H18O5. The van der Waals surface area contributed by atoms with Gasteiger partial charge in [-0.1, -0.05) is 12.1 Å². The van der Waals surface area contributed by atoms with Crippen LogP contribution < -0.4 is 14.2 Å². The molecule has 2 aromatic carbocycles. The Morgan fingerprint density at radius 1 is 1.09 bits per heavy atom. The van der Waals surface area contributed by atoms with Crippen molar-refractivity contribution in [3.8, 4) is 17.2 Å². The van der Waals surface area contributed by atoms with E-state index in [9.17, 15) is 9.59 Å². The minimum Gasteiger partial charge on any atom is -0.497 e. The van der Waals surface area contributed by atoms with Gasteiger partial charge in [0.25, 0.3) is 0 Å². The Morgan fingerprint density at radius 3 is 2.43 bits per heavy atom. The van der Waals surface area contributed by atoms with Crippen LogP contribution in [0, 0.1) is 0 Å². The van der Waals surface area contributed by atoms with Crippen LogP contribution in [0.3, 0.4) is 0 Å². The number of benzene rings is 2. The highest BCUT2D eigenvalue weighted by Gasteiger charge is 2.12. The van der Waals surface area contributed by atoms with Crippen molar-refractivity contribution < 1.29 is 23.8 Å². The lowest BCUT2D eigenvalue weighted by atomic mass is 10.1. The molecule has 0 fully saturated rings. The van der Waals surface area contributed by atoms with E-state index in [1.165, 1.54) is 0 Å². The van der Waals surface area contributed by atoms with Gasteiger partial charge in [-0.05, 0) is 42.8 Å². The second kappa shape index (κ2) is 7.98. The van der Waals surface area contributed by atoms with Crippen LogP contribution >= 0.6 is 0 Å². The molecule has 0 aliphatic heterocycles. The van der Waals surface area contributed by atoms with E-state index in [2.05, 4.69) is 0 Å². The van der Waals surface area contributed by atoms with Gasteiger partial charge in [0.05, 0.1) is 20.1 Å². The van der Waals surface area contributed by atoms with E-state index < -0.39 is 5.97 Å². The Hall–Kier alpha value is -2.82. The first-order valence-corrected chi connectivity index (χ1v) is 7.22. The Bertz CT molecular complexity index is 676. The summed E-state index contributed by atoms with van der Waals surface area (Å²) in [7, 11) is 1.58. The molecule has 0 heterocycles. The van der Waals surface area contributed by atoms with E-state index in [1.54, 1.807) is 49.6 Å². The van der Waals surface area contributed by atoms with Gasteiger partial charge >= 0.3 is 5.97 Å². The molecule has 0 atom stereocenters. The van der Waals surface area contributed by atoms with Crippen LogP contribution in [0.1, 0.15) is 22.8 Å². The highest BCUT2D eigenvalue weighted by Crippen LogP contribution is 2.28. The summed E-state index contributed by atoms with van der Waals surface area (Å²) < 4.78 is 15.8. The van der Waals surface area contributed by atoms with Crippen molar-refractivity contribution in [3.05, 3.63) is 53.6 Å². The van der Waals surface area contributed by atoms with Crippen LogP contribution in [0.15, 0.2) is 42.5 Å². The van der Waals surface area contributed by atoms with Crippen LogP contribution in [0.2, 0.25) is 0 Å². The third kappa shape index (κ3) is 4.57. The van der Waals surface area contributed by atoms with Crippen molar-refractivity contribution >= 4 is 12.3 Å². The topological polar surface area (TPSA) is 61.8 Å². The van der Waals surface area contributed by atoms with Crippen molar-refractivity contribution in [2.45, 2.75) is 13.3 Å². The summed E-state index contributed by atoms with van der Waals surface area (Å²) in [6, 6.07) is 11.9. The molecule has 0 saturated heterocycles. The zero-order valence-corrected chi connectivity index (χ0v) is 13.1. The maximum Gasteiger partial charge on any atom is 0.315 e. The molecule has 120 valence electrons. The summed E-state index contributed by atoms with van der Waals surface area (Å²) in [4.78, 5) is 22.9. The minimum atomic E-state index is -0.407. The normalized spacial score (nSPS) is 10.0. The molecule has 0 aliphatic carbocycles. The highest BCUT2D eigenvalue weighted by molar-refractivity contribution is 5.79. The molecule has 0 radical (unpaired) electrons. The summed E-state index contributed by atoms with van der Waals surface area (Å²) >= 11 is 0. The second-order valence-electron chi connectivity index (χ2n) is 4.76. The van der Waals surface area contributed by atoms with Gasteiger partial charge in [0, 0.05) is 5.56 Å². The fourth-order valence-electron chi connectivity index (χ4n) is 2.02. The number of carbonyl (C=O) groups excluding carboxylic acids is 2. The molecule has 0 aliphatic rings. The van der Waals surface area contributed by atoms with E-state index in [4.69, 9.17) is 14.2 Å². The number of hydrogen-bond donors (Lipinski definition) is 0. The number of carbonyl (C=O) groups is 2. The van der Waals surface area contributed by atoms with Crippen LogP contribution in [0.25, 0.3) is 0 Å². The standard InChI is InChI=1S/C18H18O5/c1-3-22-17-10-14(12-19)6-9-16(17)23-18(20)11-13-4-7-15(21-2)8-5-13/h4-10,12H,3,11H2,1-2H3. The molecule has 0 saturated carbocycles. The van der Waals surface area contributed by atoms with Crippen molar-refractivity contribution in [3.63, 3.8) is 0 Å². The SMILES string of the molecule is CCOc1cc(C=O)ccc1OC(=O)Cc1ccc(OC)cc1. The highest BCUT2D eigenvalue weighted by atomic mass is 16.6. The fourth-order valence-corrected chi connectivity index (χ4v) is 2.02. The summed E-state index contributed by atoms with van der Waals surface area (Å²) in [6.07, 6.45) is 0.844. The predicted molar refractivity (Wildman–Crippen MR) is 85.3 cm³/mol. The number of methoxy groups -OCH3 is 1. The third-order valence-electron chi connectivity index (χ3n) is 3.14. The summed E-state index contributed by atoms with van der Waals surface area (Å²) in [5.74, 6) is 0.997. The molecule has 0 aromatic heterocycles. The van der Waals surface area contributed by atoms with Crippen LogP contribution in [0.4, 0.5) is 0 Å². The zero-order valence-electron chi connectivity index (χ0n) is 13.1. The van der Waals surface area contributed by atoms with E-state index in [-0.39, 0.29) is 6.42 Å². The average molecular weight is 314 g/mol. The molecule has 0 spiro atoms. The van der Waals surface area contributed by atoms with E-state index in [0.717, 1.165) is 11.3 Å². The molecule has 2 aromatic rings. The molecule has 5 nitrogen and oxygen atoms in total. The van der Waals surface area contributed by atoms with Crippen molar-refractivity contribution in [2.24, 2.45) is 0 Å². The van der Waals surface area contributed by atoms with E-state index >= 15 is 0 Å². The maximum absolute atomic E-state index is 12.1. The molecule has 2 rings (SSSR count). The first-order chi connectivity index (χ1) is 11.2. The molecular weight excluding hydrogens is 296 g/mol. The lowest BCUT2D eigenvalue weighted by molar-refractivity contribution is -0.133. The second-order valence-corrected chi connectivity index (χ2v) is 4.76. The van der Waals surface area contributed by atoms with Gasteiger partial charge in [0.1, 0.15) is 12.0 Å². The zero-order chi connectivity index (χ0) is 16.7.